The molecule has 0 aliphatic rings. The minimum atomic E-state index is -1.31. The molecule has 2 heterocycles. The number of aryl methyl sites for hydroxylation is 2. The second-order valence-electron chi connectivity index (χ2n) is 7.18. The molecule has 1 N–H and O–H groups in total. The van der Waals surface area contributed by atoms with Crippen LogP contribution in [0.25, 0.3) is 11.1 Å². The van der Waals surface area contributed by atoms with E-state index in [0.29, 0.717) is 39.6 Å². The van der Waals surface area contributed by atoms with Crippen LogP contribution in [0.2, 0.25) is 0 Å². The molecule has 2 aromatic heterocycles. The number of aliphatic carboxylic acids is 1. The first-order chi connectivity index (χ1) is 15.4. The van der Waals surface area contributed by atoms with E-state index in [4.69, 9.17) is 9.26 Å². The van der Waals surface area contributed by atoms with Crippen molar-refractivity contribution in [2.24, 2.45) is 0 Å². The summed E-state index contributed by atoms with van der Waals surface area (Å²) in [6, 6.07) is 7.75. The number of nitrogens with one attached hydrogen (secondary N) is 1. The number of rotatable bonds is 10. The zero-order chi connectivity index (χ0) is 23.1. The van der Waals surface area contributed by atoms with Gasteiger partial charge >= 0.3 is 18.9 Å². The summed E-state index contributed by atoms with van der Waals surface area (Å²) in [5.74, 6) is -0.0531. The van der Waals surface area contributed by atoms with Gasteiger partial charge in [0, 0.05) is 22.9 Å². The SMILES string of the molecule is CSCCC(NC(=O)c1ccc(COc2cccnc2)cc1-c1c(C)noc1C)C(=O)[O-].[Li+]. The summed E-state index contributed by atoms with van der Waals surface area (Å²) < 4.78 is 11.1. The van der Waals surface area contributed by atoms with Crippen LogP contribution in [0.4, 0.5) is 0 Å². The number of pyridine rings is 1. The van der Waals surface area contributed by atoms with Crippen LogP contribution < -0.4 is 34.0 Å². The van der Waals surface area contributed by atoms with E-state index in [-0.39, 0.29) is 31.9 Å². The van der Waals surface area contributed by atoms with Crippen LogP contribution in [0.1, 0.15) is 33.8 Å². The standard InChI is InChI=1S/C23H25N3O5S.Li/c1-14-21(15(2)31-26-14)19-11-16(13-30-17-5-4-9-24-12-17)6-7-18(19)22(27)25-20(23(28)29)8-10-32-3;/h4-7,9,11-12,20H,8,10,13H2,1-3H3,(H,25,27)(H,28,29);/q;+1/p-1. The summed E-state index contributed by atoms with van der Waals surface area (Å²) in [5.41, 5.74) is 3.04. The number of nitrogens with zero attached hydrogens (tertiary/aromatic N) is 2. The predicted molar refractivity (Wildman–Crippen MR) is 119 cm³/mol. The molecule has 1 unspecified atom stereocenters. The van der Waals surface area contributed by atoms with Gasteiger partial charge in [0.05, 0.1) is 23.9 Å². The molecule has 8 nitrogen and oxygen atoms in total. The molecule has 0 radical (unpaired) electrons. The number of ether oxygens (including phenoxy) is 1. The summed E-state index contributed by atoms with van der Waals surface area (Å²) in [7, 11) is 0. The Balaban J connectivity index is 0.00000385. The number of carbonyl (C=O) groups excluding carboxylic acids is 2. The van der Waals surface area contributed by atoms with E-state index in [0.717, 1.165) is 5.56 Å². The summed E-state index contributed by atoms with van der Waals surface area (Å²) in [6.45, 7) is 3.81. The Labute approximate surface area is 208 Å². The predicted octanol–water partition coefficient (Wildman–Crippen LogP) is -0.462. The van der Waals surface area contributed by atoms with Crippen LogP contribution >= 0.6 is 11.8 Å². The van der Waals surface area contributed by atoms with Gasteiger partial charge in [0.25, 0.3) is 5.91 Å². The number of hydrogen-bond donors (Lipinski definition) is 1. The minimum absolute atomic E-state index is 0. The molecular weight excluding hydrogens is 437 g/mol. The Kier molecular flexibility index (Phi) is 10.0. The summed E-state index contributed by atoms with van der Waals surface area (Å²) in [6.07, 6.45) is 5.42. The topological polar surface area (TPSA) is 117 Å². The van der Waals surface area contributed by atoms with Crippen LogP contribution in [0.5, 0.6) is 5.75 Å². The van der Waals surface area contributed by atoms with E-state index in [1.165, 1.54) is 11.8 Å². The molecule has 3 rings (SSSR count). The van der Waals surface area contributed by atoms with Gasteiger partial charge in [-0.1, -0.05) is 11.2 Å². The van der Waals surface area contributed by atoms with E-state index >= 15 is 0 Å². The zero-order valence-electron chi connectivity index (χ0n) is 19.1. The van der Waals surface area contributed by atoms with Crippen molar-refractivity contribution in [3.8, 4) is 16.9 Å². The molecule has 168 valence electrons. The zero-order valence-corrected chi connectivity index (χ0v) is 19.9. The van der Waals surface area contributed by atoms with Crippen molar-refractivity contribution in [3.05, 3.63) is 65.3 Å². The van der Waals surface area contributed by atoms with Gasteiger partial charge in [-0.15, -0.1) is 0 Å². The Morgan fingerprint density at radius 1 is 1.27 bits per heavy atom. The summed E-state index contributed by atoms with van der Waals surface area (Å²) in [4.78, 5) is 28.6. The average molecular weight is 461 g/mol. The van der Waals surface area contributed by atoms with Gasteiger partial charge < -0.3 is 24.5 Å². The molecule has 0 saturated heterocycles. The molecule has 3 aromatic rings. The van der Waals surface area contributed by atoms with Crippen molar-refractivity contribution in [2.75, 3.05) is 12.0 Å². The molecule has 0 aliphatic carbocycles. The number of carboxylic acids is 1. The number of thioether (sulfide) groups is 1. The van der Waals surface area contributed by atoms with E-state index in [2.05, 4.69) is 15.5 Å². The van der Waals surface area contributed by atoms with Gasteiger partial charge in [-0.05, 0) is 62.1 Å². The summed E-state index contributed by atoms with van der Waals surface area (Å²) >= 11 is 1.50. The quantitative estimate of drug-likeness (QED) is 0.403. The third-order valence-electron chi connectivity index (χ3n) is 4.87. The second-order valence-corrected chi connectivity index (χ2v) is 8.17. The molecular formula is C23H24LiN3O5S. The molecule has 1 atom stereocenters. The molecule has 1 aromatic carbocycles. The monoisotopic (exact) mass is 461 g/mol. The maximum atomic E-state index is 13.1. The second kappa shape index (κ2) is 12.5. The van der Waals surface area contributed by atoms with Crippen LogP contribution in [0.3, 0.4) is 0 Å². The Bertz CT molecular complexity index is 1070. The van der Waals surface area contributed by atoms with Gasteiger partial charge in [0.1, 0.15) is 18.1 Å². The van der Waals surface area contributed by atoms with E-state index in [1.807, 2.05) is 12.3 Å². The van der Waals surface area contributed by atoms with Gasteiger partial charge in [0.2, 0.25) is 0 Å². The maximum absolute atomic E-state index is 13.1. The van der Waals surface area contributed by atoms with Crippen molar-refractivity contribution in [3.63, 3.8) is 0 Å². The first kappa shape index (κ1) is 26.5. The largest absolute Gasteiger partial charge is 1.00 e. The number of hydrogen-bond acceptors (Lipinski definition) is 8. The number of benzene rings is 1. The molecule has 10 heteroatoms. The fraction of sp³-hybridized carbons (Fsp3) is 0.304. The van der Waals surface area contributed by atoms with Crippen molar-refractivity contribution < 1.29 is 42.8 Å². The fourth-order valence-electron chi connectivity index (χ4n) is 3.27. The molecule has 0 aliphatic heterocycles. The van der Waals surface area contributed by atoms with Crippen molar-refractivity contribution in [1.82, 2.24) is 15.5 Å². The van der Waals surface area contributed by atoms with E-state index in [9.17, 15) is 14.7 Å². The van der Waals surface area contributed by atoms with Crippen LogP contribution in [-0.2, 0) is 11.4 Å². The molecule has 0 saturated carbocycles. The number of carbonyl (C=O) groups is 2. The first-order valence-electron chi connectivity index (χ1n) is 10.0. The Morgan fingerprint density at radius 2 is 2.06 bits per heavy atom. The summed E-state index contributed by atoms with van der Waals surface area (Å²) in [5, 5.41) is 18.1. The first-order valence-corrected chi connectivity index (χ1v) is 11.4. The molecule has 1 amide bonds. The number of aromatic nitrogens is 2. The van der Waals surface area contributed by atoms with Crippen LogP contribution in [0.15, 0.2) is 47.2 Å². The third-order valence-corrected chi connectivity index (χ3v) is 5.52. The van der Waals surface area contributed by atoms with E-state index < -0.39 is 17.9 Å². The van der Waals surface area contributed by atoms with Gasteiger partial charge in [-0.3, -0.25) is 9.78 Å². The molecule has 0 bridgehead atoms. The Morgan fingerprint density at radius 3 is 2.67 bits per heavy atom. The van der Waals surface area contributed by atoms with Gasteiger partial charge in [-0.25, -0.2) is 0 Å². The average Bonchev–Trinajstić information content (AvgIpc) is 3.13. The van der Waals surface area contributed by atoms with Gasteiger partial charge in [0.15, 0.2) is 0 Å². The van der Waals surface area contributed by atoms with Crippen molar-refractivity contribution in [2.45, 2.75) is 32.9 Å². The number of amides is 1. The van der Waals surface area contributed by atoms with Crippen molar-refractivity contribution in [1.29, 1.82) is 0 Å². The smallest absolute Gasteiger partial charge is 0.548 e. The van der Waals surface area contributed by atoms with Crippen LogP contribution in [-0.4, -0.2) is 40.1 Å². The number of carboxylic acid groups (broad SMARTS) is 1. The Hall–Kier alpha value is -2.73. The molecule has 0 spiro atoms. The minimum Gasteiger partial charge on any atom is -0.548 e. The van der Waals surface area contributed by atoms with Crippen LogP contribution in [0, 0.1) is 13.8 Å². The van der Waals surface area contributed by atoms with E-state index in [1.54, 1.807) is 50.5 Å². The molecule has 33 heavy (non-hydrogen) atoms. The molecule has 0 fully saturated rings. The van der Waals surface area contributed by atoms with Gasteiger partial charge in [-0.2, -0.15) is 11.8 Å². The fourth-order valence-corrected chi connectivity index (χ4v) is 3.74. The third kappa shape index (κ3) is 6.87. The normalized spacial score (nSPS) is 11.4. The van der Waals surface area contributed by atoms with Crippen molar-refractivity contribution >= 4 is 23.6 Å². The maximum Gasteiger partial charge on any atom is 1.00 e.